The Bertz CT molecular complexity index is 284. The fourth-order valence-electron chi connectivity index (χ4n) is 1.12. The predicted molar refractivity (Wildman–Crippen MR) is 57.2 cm³/mol. The van der Waals surface area contributed by atoms with Crippen LogP contribution in [0.3, 0.4) is 0 Å². The SMILES string of the molecule is CC(C)COc1ncccc1[C@H](C)N. The summed E-state index contributed by atoms with van der Waals surface area (Å²) < 4.78 is 5.57. The van der Waals surface area contributed by atoms with E-state index >= 15 is 0 Å². The van der Waals surface area contributed by atoms with Crippen LogP contribution < -0.4 is 10.5 Å². The first-order valence-electron chi connectivity index (χ1n) is 4.94. The lowest BCUT2D eigenvalue weighted by Gasteiger charge is -2.13. The second kappa shape index (κ2) is 4.96. The smallest absolute Gasteiger partial charge is 0.218 e. The number of nitrogens with two attached hydrogens (primary N) is 1. The first kappa shape index (κ1) is 11.0. The molecule has 0 saturated heterocycles. The molecule has 0 fully saturated rings. The minimum Gasteiger partial charge on any atom is -0.477 e. The largest absolute Gasteiger partial charge is 0.477 e. The quantitative estimate of drug-likeness (QED) is 0.798. The molecule has 1 heterocycles. The van der Waals surface area contributed by atoms with Gasteiger partial charge in [-0.3, -0.25) is 0 Å². The van der Waals surface area contributed by atoms with E-state index in [1.54, 1.807) is 6.20 Å². The maximum Gasteiger partial charge on any atom is 0.218 e. The van der Waals surface area contributed by atoms with Crippen molar-refractivity contribution in [1.29, 1.82) is 0 Å². The molecule has 3 nitrogen and oxygen atoms in total. The number of ether oxygens (including phenoxy) is 1. The average Bonchev–Trinajstić information content (AvgIpc) is 2.15. The molecule has 3 heteroatoms. The van der Waals surface area contributed by atoms with Crippen molar-refractivity contribution < 1.29 is 4.74 Å². The number of hydrogen-bond acceptors (Lipinski definition) is 3. The molecule has 1 aromatic heterocycles. The lowest BCUT2D eigenvalue weighted by atomic mass is 10.1. The van der Waals surface area contributed by atoms with E-state index in [0.29, 0.717) is 18.4 Å². The Hall–Kier alpha value is -1.09. The second-order valence-electron chi connectivity index (χ2n) is 3.89. The van der Waals surface area contributed by atoms with Crippen LogP contribution in [0.1, 0.15) is 32.4 Å². The van der Waals surface area contributed by atoms with E-state index in [2.05, 4.69) is 18.8 Å². The molecule has 1 atom stereocenters. The van der Waals surface area contributed by atoms with Crippen molar-refractivity contribution >= 4 is 0 Å². The summed E-state index contributed by atoms with van der Waals surface area (Å²) >= 11 is 0. The van der Waals surface area contributed by atoms with Gasteiger partial charge in [-0.05, 0) is 18.9 Å². The van der Waals surface area contributed by atoms with Gasteiger partial charge in [-0.25, -0.2) is 4.98 Å². The highest BCUT2D eigenvalue weighted by molar-refractivity contribution is 5.28. The monoisotopic (exact) mass is 194 g/mol. The van der Waals surface area contributed by atoms with Crippen molar-refractivity contribution in [2.75, 3.05) is 6.61 Å². The van der Waals surface area contributed by atoms with Crippen molar-refractivity contribution in [2.24, 2.45) is 11.7 Å². The van der Waals surface area contributed by atoms with Crippen molar-refractivity contribution in [3.05, 3.63) is 23.9 Å². The molecule has 0 aromatic carbocycles. The molecule has 0 radical (unpaired) electrons. The van der Waals surface area contributed by atoms with Gasteiger partial charge in [0.1, 0.15) is 0 Å². The number of nitrogens with zero attached hydrogens (tertiary/aromatic N) is 1. The van der Waals surface area contributed by atoms with E-state index in [-0.39, 0.29) is 6.04 Å². The second-order valence-corrected chi connectivity index (χ2v) is 3.89. The standard InChI is InChI=1S/C11H18N2O/c1-8(2)7-14-11-10(9(3)12)5-4-6-13-11/h4-6,8-9H,7,12H2,1-3H3/t9-/m0/s1. The van der Waals surface area contributed by atoms with Crippen molar-refractivity contribution in [2.45, 2.75) is 26.8 Å². The summed E-state index contributed by atoms with van der Waals surface area (Å²) in [5.74, 6) is 1.16. The van der Waals surface area contributed by atoms with Gasteiger partial charge in [0.25, 0.3) is 0 Å². The lowest BCUT2D eigenvalue weighted by Crippen LogP contribution is -2.11. The van der Waals surface area contributed by atoms with Gasteiger partial charge in [-0.2, -0.15) is 0 Å². The Kier molecular flexibility index (Phi) is 3.89. The van der Waals surface area contributed by atoms with E-state index in [9.17, 15) is 0 Å². The Morgan fingerprint density at radius 3 is 2.71 bits per heavy atom. The Balaban J connectivity index is 2.74. The van der Waals surface area contributed by atoms with Crippen LogP contribution in [-0.4, -0.2) is 11.6 Å². The Morgan fingerprint density at radius 1 is 1.43 bits per heavy atom. The third-order valence-corrected chi connectivity index (χ3v) is 1.84. The molecule has 0 spiro atoms. The van der Waals surface area contributed by atoms with E-state index in [1.807, 2.05) is 19.1 Å². The molecule has 0 saturated carbocycles. The lowest BCUT2D eigenvalue weighted by molar-refractivity contribution is 0.257. The number of hydrogen-bond donors (Lipinski definition) is 1. The van der Waals surface area contributed by atoms with E-state index < -0.39 is 0 Å². The summed E-state index contributed by atoms with van der Waals surface area (Å²) in [6.07, 6.45) is 1.72. The number of pyridine rings is 1. The average molecular weight is 194 g/mol. The van der Waals surface area contributed by atoms with Crippen LogP contribution in [-0.2, 0) is 0 Å². The molecule has 0 aliphatic heterocycles. The molecule has 14 heavy (non-hydrogen) atoms. The van der Waals surface area contributed by atoms with Gasteiger partial charge in [-0.15, -0.1) is 0 Å². The molecule has 78 valence electrons. The molecular formula is C11H18N2O. The predicted octanol–water partition coefficient (Wildman–Crippen LogP) is 2.14. The summed E-state index contributed by atoms with van der Waals surface area (Å²) in [6.45, 7) is 6.82. The van der Waals surface area contributed by atoms with Crippen molar-refractivity contribution in [3.8, 4) is 5.88 Å². The van der Waals surface area contributed by atoms with Gasteiger partial charge in [-0.1, -0.05) is 19.9 Å². The minimum atomic E-state index is -0.0362. The molecule has 0 unspecified atom stereocenters. The Morgan fingerprint density at radius 2 is 2.14 bits per heavy atom. The highest BCUT2D eigenvalue weighted by Crippen LogP contribution is 2.20. The fraction of sp³-hybridized carbons (Fsp3) is 0.545. The van der Waals surface area contributed by atoms with Crippen LogP contribution in [0, 0.1) is 5.92 Å². The van der Waals surface area contributed by atoms with Crippen LogP contribution in [0.25, 0.3) is 0 Å². The van der Waals surface area contributed by atoms with Gasteiger partial charge in [0.05, 0.1) is 6.61 Å². The number of rotatable bonds is 4. The van der Waals surface area contributed by atoms with Crippen molar-refractivity contribution in [3.63, 3.8) is 0 Å². The molecule has 1 aromatic rings. The molecule has 0 aliphatic carbocycles. The van der Waals surface area contributed by atoms with Gasteiger partial charge in [0.2, 0.25) is 5.88 Å². The summed E-state index contributed by atoms with van der Waals surface area (Å²) in [4.78, 5) is 4.17. The van der Waals surface area contributed by atoms with Crippen LogP contribution in [0.2, 0.25) is 0 Å². The minimum absolute atomic E-state index is 0.0362. The summed E-state index contributed by atoms with van der Waals surface area (Å²) in [5.41, 5.74) is 6.77. The van der Waals surface area contributed by atoms with Gasteiger partial charge >= 0.3 is 0 Å². The first-order valence-corrected chi connectivity index (χ1v) is 4.94. The maximum absolute atomic E-state index is 5.80. The van der Waals surface area contributed by atoms with E-state index in [4.69, 9.17) is 10.5 Å². The van der Waals surface area contributed by atoms with Gasteiger partial charge < -0.3 is 10.5 Å². The topological polar surface area (TPSA) is 48.1 Å². The zero-order valence-electron chi connectivity index (χ0n) is 9.03. The van der Waals surface area contributed by atoms with Gasteiger partial charge in [0, 0.05) is 17.8 Å². The maximum atomic E-state index is 5.80. The molecular weight excluding hydrogens is 176 g/mol. The summed E-state index contributed by atoms with van der Waals surface area (Å²) in [5, 5.41) is 0. The van der Waals surface area contributed by atoms with Crippen LogP contribution in [0.5, 0.6) is 5.88 Å². The third-order valence-electron chi connectivity index (χ3n) is 1.84. The summed E-state index contributed by atoms with van der Waals surface area (Å²) in [7, 11) is 0. The van der Waals surface area contributed by atoms with Crippen molar-refractivity contribution in [1.82, 2.24) is 4.98 Å². The molecule has 2 N–H and O–H groups in total. The fourth-order valence-corrected chi connectivity index (χ4v) is 1.12. The molecule has 0 aliphatic rings. The zero-order chi connectivity index (χ0) is 10.6. The van der Waals surface area contributed by atoms with Crippen LogP contribution in [0.4, 0.5) is 0 Å². The molecule has 1 rings (SSSR count). The highest BCUT2D eigenvalue weighted by atomic mass is 16.5. The Labute approximate surface area is 85.3 Å². The molecule has 0 bridgehead atoms. The molecule has 0 amide bonds. The van der Waals surface area contributed by atoms with Gasteiger partial charge in [0.15, 0.2) is 0 Å². The highest BCUT2D eigenvalue weighted by Gasteiger charge is 2.08. The number of aromatic nitrogens is 1. The van der Waals surface area contributed by atoms with Crippen LogP contribution in [0.15, 0.2) is 18.3 Å². The summed E-state index contributed by atoms with van der Waals surface area (Å²) in [6, 6.07) is 3.79. The normalized spacial score (nSPS) is 12.9. The third kappa shape index (κ3) is 3.00. The zero-order valence-corrected chi connectivity index (χ0v) is 9.03. The van der Waals surface area contributed by atoms with Crippen LogP contribution >= 0.6 is 0 Å². The first-order chi connectivity index (χ1) is 6.61. The van der Waals surface area contributed by atoms with E-state index in [1.165, 1.54) is 0 Å². The van der Waals surface area contributed by atoms with E-state index in [0.717, 1.165) is 5.56 Å².